The van der Waals surface area contributed by atoms with Crippen LogP contribution in [0.4, 0.5) is 0 Å². The summed E-state index contributed by atoms with van der Waals surface area (Å²) >= 11 is 0. The first-order chi connectivity index (χ1) is 9.65. The Kier molecular flexibility index (Phi) is 4.84. The Morgan fingerprint density at radius 2 is 2.20 bits per heavy atom. The maximum absolute atomic E-state index is 12.1. The van der Waals surface area contributed by atoms with Gasteiger partial charge in [-0.15, -0.1) is 0 Å². The van der Waals surface area contributed by atoms with Crippen molar-refractivity contribution in [2.45, 2.75) is 25.8 Å². The molecule has 110 valence electrons. The second-order valence-electron chi connectivity index (χ2n) is 5.01. The van der Waals surface area contributed by atoms with E-state index in [1.807, 2.05) is 6.92 Å². The molecule has 0 saturated heterocycles. The van der Waals surface area contributed by atoms with Crippen LogP contribution in [0.2, 0.25) is 0 Å². The van der Waals surface area contributed by atoms with Crippen LogP contribution in [0.5, 0.6) is 11.5 Å². The van der Waals surface area contributed by atoms with E-state index in [0.717, 1.165) is 0 Å². The third kappa shape index (κ3) is 3.63. The third-order valence-electron chi connectivity index (χ3n) is 3.45. The number of nitrogens with one attached hydrogen (secondary N) is 1. The highest BCUT2D eigenvalue weighted by atomic mass is 16.5. The number of ether oxygens (including phenoxy) is 2. The van der Waals surface area contributed by atoms with E-state index in [1.165, 1.54) is 12.8 Å². The molecule has 1 saturated carbocycles. The minimum Gasteiger partial charge on any atom is -0.493 e. The van der Waals surface area contributed by atoms with E-state index in [1.54, 1.807) is 25.3 Å². The van der Waals surface area contributed by atoms with Crippen molar-refractivity contribution in [3.05, 3.63) is 23.8 Å². The lowest BCUT2D eigenvalue weighted by Gasteiger charge is -2.13. The van der Waals surface area contributed by atoms with Gasteiger partial charge < -0.3 is 20.5 Å². The lowest BCUT2D eigenvalue weighted by Crippen LogP contribution is -2.38. The number of benzene rings is 1. The highest BCUT2D eigenvalue weighted by molar-refractivity contribution is 5.94. The average Bonchev–Trinajstić information content (AvgIpc) is 3.29. The molecule has 0 aliphatic heterocycles. The number of carbonyl (C=O) groups is 1. The highest BCUT2D eigenvalue weighted by Gasteiger charge is 2.28. The van der Waals surface area contributed by atoms with Crippen LogP contribution in [-0.4, -0.2) is 32.2 Å². The molecule has 3 N–H and O–H groups in total. The van der Waals surface area contributed by atoms with Crippen LogP contribution < -0.4 is 20.5 Å². The van der Waals surface area contributed by atoms with E-state index in [0.29, 0.717) is 36.1 Å². The molecule has 0 spiro atoms. The predicted molar refractivity (Wildman–Crippen MR) is 77.2 cm³/mol. The molecule has 1 amide bonds. The number of hydrogen-bond acceptors (Lipinski definition) is 4. The second kappa shape index (κ2) is 6.61. The molecule has 1 aliphatic rings. The normalized spacial score (nSPS) is 15.6. The number of carbonyl (C=O) groups excluding carboxylic acids is 1. The summed E-state index contributed by atoms with van der Waals surface area (Å²) in [6.07, 6.45) is 2.35. The van der Waals surface area contributed by atoms with Gasteiger partial charge in [-0.25, -0.2) is 0 Å². The number of methoxy groups -OCH3 is 1. The van der Waals surface area contributed by atoms with Crippen LogP contribution >= 0.6 is 0 Å². The molecule has 20 heavy (non-hydrogen) atoms. The molecule has 1 fully saturated rings. The molecular weight excluding hydrogens is 256 g/mol. The van der Waals surface area contributed by atoms with Crippen LogP contribution in [0.3, 0.4) is 0 Å². The van der Waals surface area contributed by atoms with E-state index in [9.17, 15) is 4.79 Å². The van der Waals surface area contributed by atoms with Gasteiger partial charge in [0.25, 0.3) is 5.91 Å². The fourth-order valence-electron chi connectivity index (χ4n) is 2.09. The Morgan fingerprint density at radius 1 is 1.45 bits per heavy atom. The van der Waals surface area contributed by atoms with Crippen molar-refractivity contribution in [2.24, 2.45) is 11.7 Å². The smallest absolute Gasteiger partial charge is 0.251 e. The molecule has 0 bridgehead atoms. The van der Waals surface area contributed by atoms with Gasteiger partial charge in [-0.2, -0.15) is 0 Å². The summed E-state index contributed by atoms with van der Waals surface area (Å²) in [6, 6.07) is 5.22. The van der Waals surface area contributed by atoms with Gasteiger partial charge in [0.05, 0.1) is 13.7 Å². The van der Waals surface area contributed by atoms with Crippen LogP contribution in [0.1, 0.15) is 30.1 Å². The molecule has 1 aliphatic carbocycles. The Labute approximate surface area is 119 Å². The Hall–Kier alpha value is -1.75. The average molecular weight is 278 g/mol. The first-order valence-electron chi connectivity index (χ1n) is 7.00. The van der Waals surface area contributed by atoms with Gasteiger partial charge in [-0.3, -0.25) is 4.79 Å². The lowest BCUT2D eigenvalue weighted by molar-refractivity contribution is 0.0950. The minimum atomic E-state index is -0.137. The molecule has 0 radical (unpaired) electrons. The van der Waals surface area contributed by atoms with Crippen molar-refractivity contribution in [1.82, 2.24) is 5.32 Å². The van der Waals surface area contributed by atoms with E-state index in [4.69, 9.17) is 15.2 Å². The predicted octanol–water partition coefficient (Wildman–Crippen LogP) is 1.56. The molecule has 5 nitrogen and oxygen atoms in total. The molecule has 1 unspecified atom stereocenters. The number of nitrogens with two attached hydrogens (primary N) is 1. The summed E-state index contributed by atoms with van der Waals surface area (Å²) < 4.78 is 10.7. The van der Waals surface area contributed by atoms with Crippen LogP contribution in [0.15, 0.2) is 18.2 Å². The van der Waals surface area contributed by atoms with Gasteiger partial charge in [0.2, 0.25) is 0 Å². The topological polar surface area (TPSA) is 73.6 Å². The third-order valence-corrected chi connectivity index (χ3v) is 3.45. The summed E-state index contributed by atoms with van der Waals surface area (Å²) in [5, 5.41) is 2.86. The Bertz CT molecular complexity index is 472. The quantitative estimate of drug-likeness (QED) is 0.794. The molecular formula is C15H22N2O3. The summed E-state index contributed by atoms with van der Waals surface area (Å²) in [7, 11) is 1.56. The van der Waals surface area contributed by atoms with Gasteiger partial charge in [0, 0.05) is 18.2 Å². The van der Waals surface area contributed by atoms with Gasteiger partial charge in [0.1, 0.15) is 0 Å². The van der Waals surface area contributed by atoms with Gasteiger partial charge in [-0.1, -0.05) is 0 Å². The summed E-state index contributed by atoms with van der Waals surface area (Å²) in [4.78, 5) is 12.1. The van der Waals surface area contributed by atoms with E-state index < -0.39 is 0 Å². The largest absolute Gasteiger partial charge is 0.493 e. The van der Waals surface area contributed by atoms with Gasteiger partial charge >= 0.3 is 0 Å². The summed E-state index contributed by atoms with van der Waals surface area (Å²) in [5.41, 5.74) is 6.52. The van der Waals surface area contributed by atoms with Gasteiger partial charge in [-0.05, 0) is 43.9 Å². The zero-order valence-corrected chi connectivity index (χ0v) is 12.0. The Morgan fingerprint density at radius 3 is 2.80 bits per heavy atom. The maximum Gasteiger partial charge on any atom is 0.251 e. The highest BCUT2D eigenvalue weighted by Crippen LogP contribution is 2.31. The fraction of sp³-hybridized carbons (Fsp3) is 0.533. The van der Waals surface area contributed by atoms with E-state index >= 15 is 0 Å². The monoisotopic (exact) mass is 278 g/mol. The molecule has 1 aromatic carbocycles. The first-order valence-corrected chi connectivity index (χ1v) is 7.00. The molecule has 1 atom stereocenters. The molecule has 2 rings (SSSR count). The second-order valence-corrected chi connectivity index (χ2v) is 5.01. The van der Waals surface area contributed by atoms with Crippen LogP contribution in [0, 0.1) is 5.92 Å². The van der Waals surface area contributed by atoms with E-state index in [-0.39, 0.29) is 11.9 Å². The summed E-state index contributed by atoms with van der Waals surface area (Å²) in [6.45, 7) is 2.97. The van der Waals surface area contributed by atoms with Crippen molar-refractivity contribution >= 4 is 5.91 Å². The van der Waals surface area contributed by atoms with Crippen molar-refractivity contribution in [2.75, 3.05) is 20.3 Å². The zero-order valence-electron chi connectivity index (χ0n) is 12.0. The van der Waals surface area contributed by atoms with Crippen LogP contribution in [-0.2, 0) is 0 Å². The van der Waals surface area contributed by atoms with Crippen molar-refractivity contribution in [3.63, 3.8) is 0 Å². The Balaban J connectivity index is 1.97. The summed E-state index contributed by atoms with van der Waals surface area (Å²) in [5.74, 6) is 1.64. The number of hydrogen-bond donors (Lipinski definition) is 2. The van der Waals surface area contributed by atoms with Crippen LogP contribution in [0.25, 0.3) is 0 Å². The molecule has 5 heteroatoms. The minimum absolute atomic E-state index is 0.0588. The number of amides is 1. The standard InChI is InChI=1S/C15H22N2O3/c1-3-20-13-7-6-11(8-14(13)19-2)15(18)17-9-12(16)10-4-5-10/h6-8,10,12H,3-5,9,16H2,1-2H3,(H,17,18). The SMILES string of the molecule is CCOc1ccc(C(=O)NCC(N)C2CC2)cc1OC. The first kappa shape index (κ1) is 14.7. The molecule has 0 heterocycles. The van der Waals surface area contributed by atoms with Crippen molar-refractivity contribution < 1.29 is 14.3 Å². The van der Waals surface area contributed by atoms with E-state index in [2.05, 4.69) is 5.32 Å². The maximum atomic E-state index is 12.1. The molecule has 0 aromatic heterocycles. The van der Waals surface area contributed by atoms with Crippen molar-refractivity contribution in [3.8, 4) is 11.5 Å². The zero-order chi connectivity index (χ0) is 14.5. The van der Waals surface area contributed by atoms with Gasteiger partial charge in [0.15, 0.2) is 11.5 Å². The lowest BCUT2D eigenvalue weighted by atomic mass is 10.1. The fourth-order valence-corrected chi connectivity index (χ4v) is 2.09. The van der Waals surface area contributed by atoms with Crippen molar-refractivity contribution in [1.29, 1.82) is 0 Å². The molecule has 1 aromatic rings. The number of rotatable bonds is 7.